The van der Waals surface area contributed by atoms with Crippen molar-refractivity contribution in [2.75, 3.05) is 11.4 Å². The highest BCUT2D eigenvalue weighted by Crippen LogP contribution is 2.43. The van der Waals surface area contributed by atoms with Gasteiger partial charge in [0.05, 0.1) is 24.2 Å². The Morgan fingerprint density at radius 1 is 1.04 bits per heavy atom. The number of sulfonamides is 1. The number of rotatable bonds is 3. The molecule has 4 nitrogen and oxygen atoms in total. The maximum Gasteiger partial charge on any atom is 0.265 e. The van der Waals surface area contributed by atoms with Crippen LogP contribution in [0, 0.1) is 6.92 Å². The van der Waals surface area contributed by atoms with Crippen molar-refractivity contribution in [3.05, 3.63) is 65.7 Å². The van der Waals surface area contributed by atoms with E-state index in [1.54, 1.807) is 19.2 Å². The van der Waals surface area contributed by atoms with Crippen molar-refractivity contribution in [1.82, 2.24) is 0 Å². The van der Waals surface area contributed by atoms with E-state index >= 15 is 0 Å². The first-order valence-electron chi connectivity index (χ1n) is 7.70. The number of anilines is 1. The van der Waals surface area contributed by atoms with Gasteiger partial charge in [-0.15, -0.1) is 0 Å². The molecule has 0 atom stereocenters. The first-order valence-corrected chi connectivity index (χ1v) is 9.14. The Labute approximate surface area is 141 Å². The molecule has 24 heavy (non-hydrogen) atoms. The van der Waals surface area contributed by atoms with Gasteiger partial charge in [0, 0.05) is 10.9 Å². The van der Waals surface area contributed by atoms with E-state index in [4.69, 9.17) is 4.74 Å². The van der Waals surface area contributed by atoms with Crippen molar-refractivity contribution in [2.45, 2.75) is 18.4 Å². The Bertz CT molecular complexity index is 1050. The van der Waals surface area contributed by atoms with Crippen LogP contribution in [-0.4, -0.2) is 15.5 Å². The summed E-state index contributed by atoms with van der Waals surface area (Å²) in [6, 6.07) is 16.9. The third-order valence-corrected chi connectivity index (χ3v) is 6.23. The average molecular weight is 339 g/mol. The average Bonchev–Trinajstić information content (AvgIpc) is 2.79. The molecule has 0 amide bonds. The van der Waals surface area contributed by atoms with Gasteiger partial charge in [-0.25, -0.2) is 8.42 Å². The second-order valence-corrected chi connectivity index (χ2v) is 7.79. The molecule has 0 N–H and O–H groups in total. The van der Waals surface area contributed by atoms with Crippen molar-refractivity contribution in [3.63, 3.8) is 0 Å². The van der Waals surface area contributed by atoms with E-state index in [1.165, 1.54) is 4.31 Å². The van der Waals surface area contributed by atoms with Crippen LogP contribution in [0.1, 0.15) is 11.1 Å². The van der Waals surface area contributed by atoms with E-state index in [2.05, 4.69) is 0 Å². The van der Waals surface area contributed by atoms with Crippen molar-refractivity contribution in [3.8, 4) is 5.75 Å². The molecule has 0 unspecified atom stereocenters. The lowest BCUT2D eigenvalue weighted by Crippen LogP contribution is -2.26. The SMILES string of the molecule is COc1ccc(C)cc1CN1c2cccc3cccc(c23)S1(=O)=O. The molecule has 0 fully saturated rings. The summed E-state index contributed by atoms with van der Waals surface area (Å²) in [6.45, 7) is 2.23. The van der Waals surface area contributed by atoms with Gasteiger partial charge in [0.15, 0.2) is 0 Å². The van der Waals surface area contributed by atoms with Crippen molar-refractivity contribution < 1.29 is 13.2 Å². The van der Waals surface area contributed by atoms with Crippen LogP contribution in [0.25, 0.3) is 10.8 Å². The topological polar surface area (TPSA) is 46.6 Å². The zero-order chi connectivity index (χ0) is 16.9. The normalized spacial score (nSPS) is 15.0. The number of benzene rings is 3. The third-order valence-electron chi connectivity index (χ3n) is 4.43. The molecule has 0 spiro atoms. The molecule has 3 aromatic carbocycles. The van der Waals surface area contributed by atoms with Gasteiger partial charge in [-0.3, -0.25) is 4.31 Å². The van der Waals surface area contributed by atoms with E-state index in [1.807, 2.05) is 49.4 Å². The third kappa shape index (κ3) is 2.08. The summed E-state index contributed by atoms with van der Waals surface area (Å²) in [7, 11) is -1.96. The highest BCUT2D eigenvalue weighted by Gasteiger charge is 2.35. The quantitative estimate of drug-likeness (QED) is 0.728. The minimum atomic E-state index is -3.56. The zero-order valence-corrected chi connectivity index (χ0v) is 14.3. The summed E-state index contributed by atoms with van der Waals surface area (Å²) in [6.07, 6.45) is 0. The van der Waals surface area contributed by atoms with Gasteiger partial charge in [0.2, 0.25) is 0 Å². The van der Waals surface area contributed by atoms with E-state index in [0.29, 0.717) is 10.6 Å². The van der Waals surface area contributed by atoms with Crippen LogP contribution in [0.2, 0.25) is 0 Å². The molecule has 1 aliphatic rings. The van der Waals surface area contributed by atoms with E-state index in [-0.39, 0.29) is 6.54 Å². The predicted molar refractivity (Wildman–Crippen MR) is 95.0 cm³/mol. The Morgan fingerprint density at radius 3 is 2.54 bits per heavy atom. The fraction of sp³-hybridized carbons (Fsp3) is 0.158. The first kappa shape index (κ1) is 15.0. The molecule has 1 heterocycles. The fourth-order valence-corrected chi connectivity index (χ4v) is 5.00. The molecule has 0 bridgehead atoms. The Balaban J connectivity index is 1.89. The molecule has 0 saturated carbocycles. The molecular formula is C19H17NO3S. The van der Waals surface area contributed by atoms with Crippen molar-refractivity contribution in [1.29, 1.82) is 0 Å². The molecule has 5 heteroatoms. The molecule has 1 aliphatic heterocycles. The first-order chi connectivity index (χ1) is 11.5. The van der Waals surface area contributed by atoms with Gasteiger partial charge in [-0.1, -0.05) is 42.0 Å². The lowest BCUT2D eigenvalue weighted by Gasteiger charge is -2.20. The van der Waals surface area contributed by atoms with Crippen LogP contribution < -0.4 is 9.04 Å². The molecular weight excluding hydrogens is 322 g/mol. The number of aryl methyl sites for hydroxylation is 1. The van der Waals surface area contributed by atoms with Gasteiger partial charge in [-0.2, -0.15) is 0 Å². The maximum absolute atomic E-state index is 13.0. The zero-order valence-electron chi connectivity index (χ0n) is 13.5. The molecule has 0 radical (unpaired) electrons. The second kappa shape index (κ2) is 5.24. The Hall–Kier alpha value is -2.53. The summed E-state index contributed by atoms with van der Waals surface area (Å²) >= 11 is 0. The van der Waals surface area contributed by atoms with Crippen LogP contribution in [-0.2, 0) is 16.6 Å². The van der Waals surface area contributed by atoms with E-state index in [0.717, 1.165) is 27.6 Å². The summed E-state index contributed by atoms with van der Waals surface area (Å²) in [5, 5.41) is 1.74. The summed E-state index contributed by atoms with van der Waals surface area (Å²) in [5.74, 6) is 0.693. The molecule has 4 rings (SSSR count). The highest BCUT2D eigenvalue weighted by molar-refractivity contribution is 7.93. The minimum absolute atomic E-state index is 0.251. The minimum Gasteiger partial charge on any atom is -0.496 e. The van der Waals surface area contributed by atoms with Crippen LogP contribution in [0.15, 0.2) is 59.5 Å². The standard InChI is InChI=1S/C19H17NO3S/c1-13-9-10-17(23-2)15(11-13)12-20-16-7-3-5-14-6-4-8-18(19(14)16)24(20,21)22/h3-11H,12H2,1-2H3. The van der Waals surface area contributed by atoms with Crippen LogP contribution in [0.3, 0.4) is 0 Å². The maximum atomic E-state index is 13.0. The summed E-state index contributed by atoms with van der Waals surface area (Å²) in [5.41, 5.74) is 2.65. The van der Waals surface area contributed by atoms with Crippen LogP contribution >= 0.6 is 0 Å². The number of hydrogen-bond acceptors (Lipinski definition) is 3. The molecule has 0 saturated heterocycles. The van der Waals surface area contributed by atoms with Crippen LogP contribution in [0.5, 0.6) is 5.75 Å². The number of nitrogens with zero attached hydrogens (tertiary/aromatic N) is 1. The van der Waals surface area contributed by atoms with Crippen LogP contribution in [0.4, 0.5) is 5.69 Å². The molecule has 0 aliphatic carbocycles. The van der Waals surface area contributed by atoms with E-state index in [9.17, 15) is 8.42 Å². The monoisotopic (exact) mass is 339 g/mol. The smallest absolute Gasteiger partial charge is 0.265 e. The van der Waals surface area contributed by atoms with Gasteiger partial charge in [0.25, 0.3) is 10.0 Å². The van der Waals surface area contributed by atoms with Gasteiger partial charge >= 0.3 is 0 Å². The largest absolute Gasteiger partial charge is 0.496 e. The van der Waals surface area contributed by atoms with Crippen molar-refractivity contribution >= 4 is 26.5 Å². The van der Waals surface area contributed by atoms with Gasteiger partial charge in [-0.05, 0) is 30.5 Å². The lowest BCUT2D eigenvalue weighted by atomic mass is 10.1. The highest BCUT2D eigenvalue weighted by atomic mass is 32.2. The van der Waals surface area contributed by atoms with Gasteiger partial charge in [0.1, 0.15) is 5.75 Å². The number of hydrogen-bond donors (Lipinski definition) is 0. The van der Waals surface area contributed by atoms with Crippen molar-refractivity contribution in [2.24, 2.45) is 0 Å². The lowest BCUT2D eigenvalue weighted by molar-refractivity contribution is 0.409. The fourth-order valence-electron chi connectivity index (χ4n) is 3.31. The molecule has 122 valence electrons. The second-order valence-electron chi connectivity index (χ2n) is 5.96. The Morgan fingerprint density at radius 2 is 1.79 bits per heavy atom. The molecule has 0 aromatic heterocycles. The Kier molecular flexibility index (Phi) is 3.28. The summed E-state index contributed by atoms with van der Waals surface area (Å²) in [4.78, 5) is 0.377. The van der Waals surface area contributed by atoms with Gasteiger partial charge < -0.3 is 4.74 Å². The summed E-state index contributed by atoms with van der Waals surface area (Å²) < 4.78 is 33.0. The number of methoxy groups -OCH3 is 1. The predicted octanol–water partition coefficient (Wildman–Crippen LogP) is 3.87. The molecule has 3 aromatic rings. The van der Waals surface area contributed by atoms with E-state index < -0.39 is 10.0 Å². The number of ether oxygens (including phenoxy) is 1.